The van der Waals surface area contributed by atoms with Crippen LogP contribution in [0.4, 0.5) is 11.4 Å². The molecular formula is C28H18Br2N2O6. The molecule has 0 spiro atoms. The van der Waals surface area contributed by atoms with E-state index in [0.29, 0.717) is 43.7 Å². The second-order valence-electron chi connectivity index (χ2n) is 7.84. The first-order valence-corrected chi connectivity index (χ1v) is 12.8. The number of carbonyl (C=O) groups excluding carboxylic acids is 2. The van der Waals surface area contributed by atoms with Gasteiger partial charge in [-0.15, -0.1) is 0 Å². The van der Waals surface area contributed by atoms with E-state index in [1.54, 1.807) is 78.9 Å². The largest absolute Gasteiger partial charge is 0.457 e. The molecule has 0 aliphatic carbocycles. The van der Waals surface area contributed by atoms with Gasteiger partial charge in [-0.25, -0.2) is 0 Å². The maximum atomic E-state index is 12.2. The normalized spacial score (nSPS) is 10.6. The highest BCUT2D eigenvalue weighted by molar-refractivity contribution is 9.10. The van der Waals surface area contributed by atoms with E-state index in [2.05, 4.69) is 42.5 Å². The number of nitrogens with one attached hydrogen (secondary N) is 2. The molecule has 3 aromatic carbocycles. The summed E-state index contributed by atoms with van der Waals surface area (Å²) in [7, 11) is 0. The average molecular weight is 638 g/mol. The molecule has 8 nitrogen and oxygen atoms in total. The van der Waals surface area contributed by atoms with Gasteiger partial charge in [-0.05, 0) is 117 Å². The van der Waals surface area contributed by atoms with Crippen LogP contribution in [-0.2, 0) is 0 Å². The molecule has 2 aromatic heterocycles. The molecule has 38 heavy (non-hydrogen) atoms. The van der Waals surface area contributed by atoms with Gasteiger partial charge >= 0.3 is 0 Å². The monoisotopic (exact) mass is 636 g/mol. The van der Waals surface area contributed by atoms with Crippen LogP contribution in [0.1, 0.15) is 21.1 Å². The molecule has 0 aliphatic heterocycles. The minimum atomic E-state index is -0.351. The van der Waals surface area contributed by atoms with Crippen molar-refractivity contribution in [3.63, 3.8) is 0 Å². The number of anilines is 2. The van der Waals surface area contributed by atoms with E-state index in [1.165, 1.54) is 0 Å². The van der Waals surface area contributed by atoms with Gasteiger partial charge in [0.2, 0.25) is 0 Å². The summed E-state index contributed by atoms with van der Waals surface area (Å²) in [5.74, 6) is 2.03. The molecule has 0 radical (unpaired) electrons. The molecule has 0 saturated heterocycles. The van der Waals surface area contributed by atoms with Crippen LogP contribution in [0.3, 0.4) is 0 Å². The second-order valence-corrected chi connectivity index (χ2v) is 9.41. The third-order valence-electron chi connectivity index (χ3n) is 5.10. The molecule has 0 aliphatic rings. The molecule has 0 unspecified atom stereocenters. The molecule has 2 amide bonds. The van der Waals surface area contributed by atoms with Crippen LogP contribution >= 0.6 is 31.9 Å². The highest BCUT2D eigenvalue weighted by Gasteiger charge is 2.12. The zero-order chi connectivity index (χ0) is 26.5. The average Bonchev–Trinajstić information content (AvgIpc) is 3.55. The molecule has 5 rings (SSSR count). The van der Waals surface area contributed by atoms with Gasteiger partial charge in [0, 0.05) is 17.4 Å². The number of hydrogen-bond donors (Lipinski definition) is 2. The van der Waals surface area contributed by atoms with Gasteiger partial charge in [0.25, 0.3) is 11.8 Å². The van der Waals surface area contributed by atoms with Gasteiger partial charge in [-0.1, -0.05) is 6.07 Å². The number of hydrogen-bond acceptors (Lipinski definition) is 6. The van der Waals surface area contributed by atoms with Crippen molar-refractivity contribution >= 4 is 55.0 Å². The quantitative estimate of drug-likeness (QED) is 0.177. The first-order valence-electron chi connectivity index (χ1n) is 11.2. The van der Waals surface area contributed by atoms with Gasteiger partial charge in [-0.2, -0.15) is 0 Å². The number of ether oxygens (including phenoxy) is 2. The number of benzene rings is 3. The van der Waals surface area contributed by atoms with Crippen molar-refractivity contribution in [2.24, 2.45) is 0 Å². The minimum Gasteiger partial charge on any atom is -0.457 e. The molecule has 0 atom stereocenters. The van der Waals surface area contributed by atoms with E-state index in [9.17, 15) is 9.59 Å². The molecule has 10 heteroatoms. The van der Waals surface area contributed by atoms with E-state index in [0.717, 1.165) is 0 Å². The van der Waals surface area contributed by atoms with Crippen molar-refractivity contribution in [2.75, 3.05) is 10.6 Å². The lowest BCUT2D eigenvalue weighted by Crippen LogP contribution is -2.10. The van der Waals surface area contributed by atoms with Crippen molar-refractivity contribution in [2.45, 2.75) is 0 Å². The summed E-state index contributed by atoms with van der Waals surface area (Å²) in [5, 5.41) is 5.53. The van der Waals surface area contributed by atoms with E-state index in [1.807, 2.05) is 18.2 Å². The predicted octanol–water partition coefficient (Wildman–Crippen LogP) is 8.49. The van der Waals surface area contributed by atoms with Gasteiger partial charge in [0.15, 0.2) is 20.9 Å². The Morgan fingerprint density at radius 3 is 1.34 bits per heavy atom. The van der Waals surface area contributed by atoms with Crippen LogP contribution in [0, 0.1) is 0 Å². The Morgan fingerprint density at radius 2 is 0.974 bits per heavy atom. The van der Waals surface area contributed by atoms with E-state index in [4.69, 9.17) is 18.3 Å². The number of halogens is 2. The molecular weight excluding hydrogens is 620 g/mol. The van der Waals surface area contributed by atoms with Gasteiger partial charge in [0.05, 0.1) is 0 Å². The molecule has 190 valence electrons. The Hall–Kier alpha value is -4.28. The molecule has 2 heterocycles. The molecule has 0 fully saturated rings. The summed E-state index contributed by atoms with van der Waals surface area (Å²) in [6.07, 6.45) is 0. The summed E-state index contributed by atoms with van der Waals surface area (Å²) >= 11 is 6.36. The maximum Gasteiger partial charge on any atom is 0.291 e. The summed E-state index contributed by atoms with van der Waals surface area (Å²) in [6.45, 7) is 0. The van der Waals surface area contributed by atoms with Crippen molar-refractivity contribution in [3.8, 4) is 23.0 Å². The number of amides is 2. The fourth-order valence-electron chi connectivity index (χ4n) is 3.34. The Morgan fingerprint density at radius 1 is 0.553 bits per heavy atom. The van der Waals surface area contributed by atoms with Crippen molar-refractivity contribution in [1.29, 1.82) is 0 Å². The van der Waals surface area contributed by atoms with Crippen LogP contribution in [0.15, 0.2) is 115 Å². The van der Waals surface area contributed by atoms with Crippen molar-refractivity contribution in [1.82, 2.24) is 0 Å². The highest BCUT2D eigenvalue weighted by atomic mass is 79.9. The Balaban J connectivity index is 1.17. The van der Waals surface area contributed by atoms with E-state index >= 15 is 0 Å². The number of furan rings is 2. The Kier molecular flexibility index (Phi) is 7.62. The van der Waals surface area contributed by atoms with E-state index in [-0.39, 0.29) is 23.3 Å². The van der Waals surface area contributed by atoms with Gasteiger partial charge in [-0.3, -0.25) is 9.59 Å². The maximum absolute atomic E-state index is 12.2. The van der Waals surface area contributed by atoms with Crippen molar-refractivity contribution in [3.05, 3.63) is 118 Å². The zero-order valence-electron chi connectivity index (χ0n) is 19.4. The van der Waals surface area contributed by atoms with Crippen molar-refractivity contribution < 1.29 is 27.9 Å². The Bertz CT molecular complexity index is 1460. The van der Waals surface area contributed by atoms with Crippen LogP contribution in [-0.4, -0.2) is 11.8 Å². The molecule has 5 aromatic rings. The van der Waals surface area contributed by atoms with Gasteiger partial charge < -0.3 is 28.9 Å². The Labute approximate surface area is 233 Å². The van der Waals surface area contributed by atoms with Crippen LogP contribution < -0.4 is 20.1 Å². The fraction of sp³-hybridized carbons (Fsp3) is 0. The predicted molar refractivity (Wildman–Crippen MR) is 148 cm³/mol. The zero-order valence-corrected chi connectivity index (χ0v) is 22.6. The number of carbonyl (C=O) groups is 2. The topological polar surface area (TPSA) is 103 Å². The minimum absolute atomic E-state index is 0.204. The smallest absolute Gasteiger partial charge is 0.291 e. The summed E-state index contributed by atoms with van der Waals surface area (Å²) in [5.41, 5.74) is 1.20. The SMILES string of the molecule is O=C(Nc1ccc(Oc2cccc(Oc3ccc(NC(=O)c4ccc(Br)o4)cc3)c2)cc1)c1ccc(Br)o1. The lowest BCUT2D eigenvalue weighted by atomic mass is 10.2. The lowest BCUT2D eigenvalue weighted by molar-refractivity contribution is 0.0988. The lowest BCUT2D eigenvalue weighted by Gasteiger charge is -2.10. The fourth-order valence-corrected chi connectivity index (χ4v) is 3.96. The molecule has 2 N–H and O–H groups in total. The van der Waals surface area contributed by atoms with Crippen LogP contribution in [0.2, 0.25) is 0 Å². The van der Waals surface area contributed by atoms with Crippen LogP contribution in [0.5, 0.6) is 23.0 Å². The first kappa shape index (κ1) is 25.4. The summed E-state index contributed by atoms with van der Waals surface area (Å²) in [4.78, 5) is 24.4. The molecule has 0 bridgehead atoms. The second kappa shape index (κ2) is 11.4. The van der Waals surface area contributed by atoms with Gasteiger partial charge in [0.1, 0.15) is 23.0 Å². The van der Waals surface area contributed by atoms with Crippen LogP contribution in [0.25, 0.3) is 0 Å². The first-order chi connectivity index (χ1) is 18.4. The van der Waals surface area contributed by atoms with E-state index < -0.39 is 0 Å². The highest BCUT2D eigenvalue weighted by Crippen LogP contribution is 2.30. The summed E-state index contributed by atoms with van der Waals surface area (Å²) in [6, 6.07) is 27.6. The standard InChI is InChI=1S/C28H18Br2N2O6/c29-25-14-12-23(37-25)27(33)31-17-4-8-19(9-5-17)35-21-2-1-3-22(16-21)36-20-10-6-18(7-11-20)32-28(34)24-13-15-26(30)38-24/h1-16H,(H,31,33)(H,32,34). The third-order valence-corrected chi connectivity index (χ3v) is 5.95. The summed E-state index contributed by atoms with van der Waals surface area (Å²) < 4.78 is 23.4. The number of rotatable bonds is 8. The third kappa shape index (κ3) is 6.53. The molecule has 0 saturated carbocycles.